The lowest BCUT2D eigenvalue weighted by molar-refractivity contribution is 0.661. The van der Waals surface area contributed by atoms with Crippen molar-refractivity contribution >= 4 is 65.6 Å². The number of nitrogens with zero attached hydrogens (tertiary/aromatic N) is 4. The Morgan fingerprint density at radius 3 is 1.64 bits per heavy atom. The summed E-state index contributed by atoms with van der Waals surface area (Å²) in [7, 11) is 0. The van der Waals surface area contributed by atoms with E-state index in [9.17, 15) is 0 Å². The van der Waals surface area contributed by atoms with E-state index >= 15 is 0 Å². The van der Waals surface area contributed by atoms with Crippen molar-refractivity contribution in [1.29, 1.82) is 0 Å². The number of aromatic nitrogens is 4. The van der Waals surface area contributed by atoms with Crippen LogP contribution in [0.5, 0.6) is 0 Å². The van der Waals surface area contributed by atoms with E-state index in [4.69, 9.17) is 14.4 Å². The van der Waals surface area contributed by atoms with Gasteiger partial charge in [-0.1, -0.05) is 159 Å². The van der Waals surface area contributed by atoms with Gasteiger partial charge >= 0.3 is 0 Å². The highest BCUT2D eigenvalue weighted by Crippen LogP contribution is 2.51. The van der Waals surface area contributed by atoms with Gasteiger partial charge in [0.05, 0.1) is 33.5 Å². The molecule has 10 aromatic carbocycles. The van der Waals surface area contributed by atoms with Crippen LogP contribution in [0.1, 0.15) is 25.0 Å². The SMILES string of the molecule is CC1(C)c2ccccc2-c2cc3c4cc(-c5ccc6oc7cc8c(cc7c6c5)c5ccccc5n8-c5ccc(-c6cc(-c7ccccc7)nc(-c7ccccc7)n6)cc5)ccc4n(-c4ccccc4)c3cc21. The van der Waals surface area contributed by atoms with Gasteiger partial charge in [0.1, 0.15) is 11.2 Å². The predicted octanol–water partition coefficient (Wildman–Crippen LogP) is 17.5. The first-order chi connectivity index (χ1) is 35.4. The molecule has 0 bridgehead atoms. The third-order valence-corrected chi connectivity index (χ3v) is 15.3. The van der Waals surface area contributed by atoms with Gasteiger partial charge in [0, 0.05) is 71.9 Å². The summed E-state index contributed by atoms with van der Waals surface area (Å²) in [5.74, 6) is 0.701. The molecule has 14 aromatic rings. The third-order valence-electron chi connectivity index (χ3n) is 15.3. The summed E-state index contributed by atoms with van der Waals surface area (Å²) in [6.45, 7) is 4.72. The van der Waals surface area contributed by atoms with Crippen molar-refractivity contribution in [3.05, 3.63) is 242 Å². The van der Waals surface area contributed by atoms with E-state index in [0.717, 1.165) is 78.0 Å². The molecule has 0 fully saturated rings. The van der Waals surface area contributed by atoms with Gasteiger partial charge in [-0.05, 0) is 112 Å². The maximum Gasteiger partial charge on any atom is 0.160 e. The maximum absolute atomic E-state index is 6.75. The number of benzene rings is 10. The van der Waals surface area contributed by atoms with Crippen molar-refractivity contribution in [2.24, 2.45) is 0 Å². The Balaban J connectivity index is 0.848. The molecular weight excluding hydrogens is 877 g/mol. The van der Waals surface area contributed by atoms with Crippen LogP contribution < -0.4 is 0 Å². The average molecular weight is 921 g/mol. The standard InChI is InChI=1S/C67H44N4O/c1-67(2)56-24-14-12-22-48(56)50-36-53-51-34-44(28-32-61(51)70(62(53)38-57(50)67)46-20-10-5-11-21-46)45-29-33-64-54(35-45)55-37-52-49-23-13-15-25-60(49)71(63(52)40-65(55)72-64)47-30-26-42(27-31-47)59-39-58(41-16-6-3-7-17-41)68-66(69-59)43-18-8-4-9-19-43/h3-40H,1-2H3. The topological polar surface area (TPSA) is 48.8 Å². The number of hydrogen-bond donors (Lipinski definition) is 0. The van der Waals surface area contributed by atoms with E-state index < -0.39 is 0 Å². The number of rotatable bonds is 6. The molecule has 15 rings (SSSR count). The summed E-state index contributed by atoms with van der Waals surface area (Å²) < 4.78 is 11.5. The molecule has 1 aliphatic rings. The van der Waals surface area contributed by atoms with E-state index in [2.05, 4.69) is 217 Å². The second-order valence-electron chi connectivity index (χ2n) is 19.8. The minimum absolute atomic E-state index is 0.0980. The van der Waals surface area contributed by atoms with Gasteiger partial charge in [-0.25, -0.2) is 9.97 Å². The van der Waals surface area contributed by atoms with Gasteiger partial charge in [0.15, 0.2) is 5.82 Å². The first kappa shape index (κ1) is 40.6. The molecule has 0 aliphatic heterocycles. The summed E-state index contributed by atoms with van der Waals surface area (Å²) in [6.07, 6.45) is 0. The molecule has 0 unspecified atom stereocenters. The zero-order chi connectivity index (χ0) is 47.7. The van der Waals surface area contributed by atoms with Crippen LogP contribution >= 0.6 is 0 Å². The third kappa shape index (κ3) is 6.07. The number of hydrogen-bond acceptors (Lipinski definition) is 3. The Morgan fingerprint density at radius 2 is 0.875 bits per heavy atom. The monoisotopic (exact) mass is 920 g/mol. The zero-order valence-corrected chi connectivity index (χ0v) is 39.6. The predicted molar refractivity (Wildman–Crippen MR) is 297 cm³/mol. The van der Waals surface area contributed by atoms with Crippen LogP contribution in [-0.2, 0) is 5.41 Å². The van der Waals surface area contributed by atoms with Crippen LogP contribution in [0.15, 0.2) is 235 Å². The summed E-state index contributed by atoms with van der Waals surface area (Å²) in [5.41, 5.74) is 21.1. The molecule has 4 aromatic heterocycles. The minimum atomic E-state index is -0.0980. The molecule has 338 valence electrons. The van der Waals surface area contributed by atoms with Crippen LogP contribution in [0, 0.1) is 0 Å². The van der Waals surface area contributed by atoms with E-state index in [1.807, 2.05) is 36.4 Å². The normalized spacial score (nSPS) is 13.0. The maximum atomic E-state index is 6.75. The summed E-state index contributed by atoms with van der Waals surface area (Å²) in [6, 6.07) is 82.9. The molecule has 0 saturated heterocycles. The van der Waals surface area contributed by atoms with Crippen LogP contribution in [0.4, 0.5) is 0 Å². The lowest BCUT2D eigenvalue weighted by Gasteiger charge is -2.21. The fraction of sp³-hybridized carbons (Fsp3) is 0.0448. The second kappa shape index (κ2) is 15.3. The summed E-state index contributed by atoms with van der Waals surface area (Å²) in [5, 5.41) is 7.07. The van der Waals surface area contributed by atoms with E-state index in [1.165, 1.54) is 60.4 Å². The molecule has 5 heteroatoms. The Morgan fingerprint density at radius 1 is 0.333 bits per heavy atom. The molecule has 4 heterocycles. The lowest BCUT2D eigenvalue weighted by Crippen LogP contribution is -2.14. The average Bonchev–Trinajstić information content (AvgIpc) is 4.14. The highest BCUT2D eigenvalue weighted by molar-refractivity contribution is 6.18. The van der Waals surface area contributed by atoms with Crippen LogP contribution in [0.25, 0.3) is 133 Å². The van der Waals surface area contributed by atoms with Crippen molar-refractivity contribution in [2.45, 2.75) is 19.3 Å². The minimum Gasteiger partial charge on any atom is -0.456 e. The first-order valence-corrected chi connectivity index (χ1v) is 24.7. The van der Waals surface area contributed by atoms with Gasteiger partial charge in [0.25, 0.3) is 0 Å². The summed E-state index contributed by atoms with van der Waals surface area (Å²) >= 11 is 0. The molecule has 0 radical (unpaired) electrons. The fourth-order valence-corrected chi connectivity index (χ4v) is 11.8. The fourth-order valence-electron chi connectivity index (χ4n) is 11.8. The van der Waals surface area contributed by atoms with Crippen LogP contribution in [-0.4, -0.2) is 19.1 Å². The molecule has 0 N–H and O–H groups in total. The lowest BCUT2D eigenvalue weighted by atomic mass is 9.82. The smallest absolute Gasteiger partial charge is 0.160 e. The molecule has 0 saturated carbocycles. The number of fused-ring (bicyclic) bond motifs is 12. The Kier molecular flexibility index (Phi) is 8.64. The molecular formula is C67H44N4O. The summed E-state index contributed by atoms with van der Waals surface area (Å²) in [4.78, 5) is 10.1. The quantitative estimate of drug-likeness (QED) is 0.167. The van der Waals surface area contributed by atoms with E-state index in [-0.39, 0.29) is 5.41 Å². The highest BCUT2D eigenvalue weighted by Gasteiger charge is 2.36. The molecule has 5 nitrogen and oxygen atoms in total. The van der Waals surface area contributed by atoms with E-state index in [1.54, 1.807) is 0 Å². The van der Waals surface area contributed by atoms with Crippen molar-refractivity contribution in [3.8, 4) is 67.5 Å². The van der Waals surface area contributed by atoms with Gasteiger partial charge in [-0.15, -0.1) is 0 Å². The van der Waals surface area contributed by atoms with Crippen LogP contribution in [0.3, 0.4) is 0 Å². The molecule has 0 spiro atoms. The van der Waals surface area contributed by atoms with Gasteiger partial charge in [-0.3, -0.25) is 0 Å². The van der Waals surface area contributed by atoms with Crippen molar-refractivity contribution < 1.29 is 4.42 Å². The first-order valence-electron chi connectivity index (χ1n) is 24.7. The zero-order valence-electron chi connectivity index (χ0n) is 39.6. The van der Waals surface area contributed by atoms with Gasteiger partial charge in [-0.2, -0.15) is 0 Å². The number of furan rings is 1. The van der Waals surface area contributed by atoms with Crippen molar-refractivity contribution in [2.75, 3.05) is 0 Å². The van der Waals surface area contributed by atoms with Crippen molar-refractivity contribution in [1.82, 2.24) is 19.1 Å². The van der Waals surface area contributed by atoms with Crippen LogP contribution in [0.2, 0.25) is 0 Å². The Bertz CT molecular complexity index is 4450. The van der Waals surface area contributed by atoms with Gasteiger partial charge < -0.3 is 13.6 Å². The molecule has 72 heavy (non-hydrogen) atoms. The Labute approximate surface area is 415 Å². The molecule has 0 atom stereocenters. The largest absolute Gasteiger partial charge is 0.456 e. The molecule has 0 amide bonds. The van der Waals surface area contributed by atoms with Gasteiger partial charge in [0.2, 0.25) is 0 Å². The number of para-hydroxylation sites is 2. The molecule has 1 aliphatic carbocycles. The highest BCUT2D eigenvalue weighted by atomic mass is 16.3. The van der Waals surface area contributed by atoms with Crippen molar-refractivity contribution in [3.63, 3.8) is 0 Å². The van der Waals surface area contributed by atoms with E-state index in [0.29, 0.717) is 5.82 Å². The second-order valence-corrected chi connectivity index (χ2v) is 19.8. The Hall–Kier alpha value is -9.32.